The van der Waals surface area contributed by atoms with Crippen LogP contribution in [-0.4, -0.2) is 54.1 Å². The zero-order valence-corrected chi connectivity index (χ0v) is 15.3. The van der Waals surface area contributed by atoms with Gasteiger partial charge < -0.3 is 14.4 Å². The molecule has 134 valence electrons. The molecule has 1 fully saturated rings. The highest BCUT2D eigenvalue weighted by Crippen LogP contribution is 2.26. The van der Waals surface area contributed by atoms with E-state index in [0.717, 1.165) is 49.5 Å². The number of esters is 1. The van der Waals surface area contributed by atoms with Crippen LogP contribution in [0, 0.1) is 0 Å². The van der Waals surface area contributed by atoms with Gasteiger partial charge >= 0.3 is 5.97 Å². The summed E-state index contributed by atoms with van der Waals surface area (Å²) < 4.78 is 12.3. The summed E-state index contributed by atoms with van der Waals surface area (Å²) in [6.45, 7) is 6.02. The van der Waals surface area contributed by atoms with Crippen molar-refractivity contribution < 1.29 is 14.3 Å². The van der Waals surface area contributed by atoms with Gasteiger partial charge in [-0.1, -0.05) is 23.9 Å². The van der Waals surface area contributed by atoms with Gasteiger partial charge in [-0.15, -0.1) is 10.2 Å². The number of hydrogen-bond acceptors (Lipinski definition) is 7. The number of methoxy groups -OCH3 is 1. The Labute approximate surface area is 151 Å². The van der Waals surface area contributed by atoms with Crippen LogP contribution in [0.5, 0.6) is 0 Å². The van der Waals surface area contributed by atoms with Gasteiger partial charge in [0, 0.05) is 25.4 Å². The fourth-order valence-electron chi connectivity index (χ4n) is 2.72. The second-order valence-electron chi connectivity index (χ2n) is 5.61. The first-order valence-corrected chi connectivity index (χ1v) is 9.27. The molecule has 8 heteroatoms. The van der Waals surface area contributed by atoms with Gasteiger partial charge in [0.1, 0.15) is 0 Å². The minimum absolute atomic E-state index is 0.321. The van der Waals surface area contributed by atoms with Crippen LogP contribution in [-0.2, 0) is 21.8 Å². The van der Waals surface area contributed by atoms with Crippen LogP contribution in [0.15, 0.2) is 29.4 Å². The van der Waals surface area contributed by atoms with Crippen LogP contribution in [0.25, 0.3) is 0 Å². The molecule has 0 radical (unpaired) electrons. The third-order valence-corrected chi connectivity index (χ3v) is 5.06. The number of ether oxygens (including phenoxy) is 2. The van der Waals surface area contributed by atoms with E-state index in [1.165, 1.54) is 7.11 Å². The molecule has 0 unspecified atom stereocenters. The molecule has 1 aliphatic rings. The van der Waals surface area contributed by atoms with E-state index in [1.54, 1.807) is 17.8 Å². The predicted molar refractivity (Wildman–Crippen MR) is 96.1 cm³/mol. The molecule has 1 aromatic heterocycles. The van der Waals surface area contributed by atoms with Gasteiger partial charge in [-0.25, -0.2) is 4.79 Å². The van der Waals surface area contributed by atoms with E-state index < -0.39 is 0 Å². The topological polar surface area (TPSA) is 69.5 Å². The minimum atomic E-state index is -0.321. The number of morpholine rings is 1. The Morgan fingerprint density at radius 2 is 2.12 bits per heavy atom. The Balaban J connectivity index is 1.71. The normalized spacial score (nSPS) is 14.6. The average molecular weight is 362 g/mol. The fraction of sp³-hybridized carbons (Fsp3) is 0.471. The molecule has 2 heterocycles. The van der Waals surface area contributed by atoms with E-state index >= 15 is 0 Å². The van der Waals surface area contributed by atoms with Gasteiger partial charge in [0.15, 0.2) is 5.16 Å². The summed E-state index contributed by atoms with van der Waals surface area (Å²) in [6.07, 6.45) is 0. The molecule has 2 aromatic rings. The number of nitrogens with zero attached hydrogens (tertiary/aromatic N) is 4. The number of rotatable bonds is 6. The third-order valence-electron chi connectivity index (χ3n) is 4.02. The minimum Gasteiger partial charge on any atom is -0.465 e. The van der Waals surface area contributed by atoms with Crippen molar-refractivity contribution in [3.63, 3.8) is 0 Å². The lowest BCUT2D eigenvalue weighted by atomic mass is 10.1. The van der Waals surface area contributed by atoms with Crippen molar-refractivity contribution in [2.45, 2.75) is 24.4 Å². The highest BCUT2D eigenvalue weighted by atomic mass is 32.2. The maximum absolute atomic E-state index is 11.6. The largest absolute Gasteiger partial charge is 0.465 e. The number of carbonyl (C=O) groups excluding carboxylic acids is 1. The van der Waals surface area contributed by atoms with E-state index in [-0.39, 0.29) is 5.97 Å². The van der Waals surface area contributed by atoms with Gasteiger partial charge in [-0.3, -0.25) is 4.57 Å². The molecule has 1 aromatic carbocycles. The number of aromatic nitrogens is 3. The fourth-order valence-corrected chi connectivity index (χ4v) is 3.66. The molecule has 25 heavy (non-hydrogen) atoms. The number of anilines is 1. The number of thioether (sulfide) groups is 1. The second kappa shape index (κ2) is 8.35. The zero-order valence-electron chi connectivity index (χ0n) is 14.5. The lowest BCUT2D eigenvalue weighted by Crippen LogP contribution is -2.38. The van der Waals surface area contributed by atoms with Gasteiger partial charge in [-0.05, 0) is 24.6 Å². The van der Waals surface area contributed by atoms with Crippen molar-refractivity contribution >= 4 is 23.7 Å². The molecule has 1 aliphatic heterocycles. The molecule has 7 nitrogen and oxygen atoms in total. The van der Waals surface area contributed by atoms with Crippen molar-refractivity contribution in [2.75, 3.05) is 38.3 Å². The quantitative estimate of drug-likeness (QED) is 0.576. The Kier molecular flexibility index (Phi) is 5.93. The summed E-state index contributed by atoms with van der Waals surface area (Å²) in [5.41, 5.74) is 1.61. The molecule has 0 spiro atoms. The summed E-state index contributed by atoms with van der Waals surface area (Å²) in [5.74, 6) is 1.29. The van der Waals surface area contributed by atoms with E-state index in [4.69, 9.17) is 9.47 Å². The van der Waals surface area contributed by atoms with Crippen molar-refractivity contribution in [3.8, 4) is 0 Å². The Hall–Kier alpha value is -2.06. The number of carbonyl (C=O) groups is 1. The van der Waals surface area contributed by atoms with Crippen LogP contribution < -0.4 is 4.90 Å². The van der Waals surface area contributed by atoms with Crippen LogP contribution >= 0.6 is 11.8 Å². The van der Waals surface area contributed by atoms with E-state index in [0.29, 0.717) is 11.3 Å². The first-order chi connectivity index (χ1) is 12.2. The summed E-state index contributed by atoms with van der Waals surface area (Å²) in [7, 11) is 1.39. The van der Waals surface area contributed by atoms with Gasteiger partial charge in [-0.2, -0.15) is 0 Å². The smallest absolute Gasteiger partial charge is 0.337 e. The standard InChI is InChI=1S/C17H22N4O3S/c1-3-21-16(20-7-9-24-10-8-20)18-19-17(21)25-12-13-5-4-6-14(11-13)15(22)23-2/h4-6,11H,3,7-10,12H2,1-2H3. The third kappa shape index (κ3) is 4.13. The lowest BCUT2D eigenvalue weighted by molar-refractivity contribution is 0.0600. The van der Waals surface area contributed by atoms with Crippen molar-refractivity contribution in [1.82, 2.24) is 14.8 Å². The predicted octanol–water partition coefficient (Wildman–Crippen LogP) is 2.21. The Morgan fingerprint density at radius 3 is 2.84 bits per heavy atom. The second-order valence-corrected chi connectivity index (χ2v) is 6.55. The molecule has 0 bridgehead atoms. The first-order valence-electron chi connectivity index (χ1n) is 8.29. The van der Waals surface area contributed by atoms with Gasteiger partial charge in [0.2, 0.25) is 5.95 Å². The van der Waals surface area contributed by atoms with Gasteiger partial charge in [0.05, 0.1) is 25.9 Å². The summed E-state index contributed by atoms with van der Waals surface area (Å²) in [6, 6.07) is 7.47. The molecule has 1 saturated heterocycles. The highest BCUT2D eigenvalue weighted by Gasteiger charge is 2.19. The number of benzene rings is 1. The summed E-state index contributed by atoms with van der Waals surface area (Å²) >= 11 is 1.62. The molecule has 0 saturated carbocycles. The SMILES string of the molecule is CCn1c(SCc2cccc(C(=O)OC)c2)nnc1N1CCOCC1. The maximum Gasteiger partial charge on any atom is 0.337 e. The average Bonchev–Trinajstić information content (AvgIpc) is 3.09. The summed E-state index contributed by atoms with van der Waals surface area (Å²) in [5, 5.41) is 9.61. The molecule has 0 aliphatic carbocycles. The molecule has 0 atom stereocenters. The molecule has 3 rings (SSSR count). The first kappa shape index (κ1) is 17.8. The van der Waals surface area contributed by atoms with Crippen LogP contribution in [0.3, 0.4) is 0 Å². The molecular formula is C17H22N4O3S. The molecule has 0 N–H and O–H groups in total. The monoisotopic (exact) mass is 362 g/mol. The van der Waals surface area contributed by atoms with Crippen molar-refractivity contribution in [3.05, 3.63) is 35.4 Å². The van der Waals surface area contributed by atoms with Crippen molar-refractivity contribution in [2.24, 2.45) is 0 Å². The van der Waals surface area contributed by atoms with Crippen LogP contribution in [0.4, 0.5) is 5.95 Å². The van der Waals surface area contributed by atoms with Crippen LogP contribution in [0.1, 0.15) is 22.8 Å². The molecular weight excluding hydrogens is 340 g/mol. The Bertz CT molecular complexity index is 728. The number of hydrogen-bond donors (Lipinski definition) is 0. The van der Waals surface area contributed by atoms with E-state index in [9.17, 15) is 4.79 Å². The van der Waals surface area contributed by atoms with E-state index in [2.05, 4.69) is 26.6 Å². The van der Waals surface area contributed by atoms with Crippen LogP contribution in [0.2, 0.25) is 0 Å². The zero-order chi connectivity index (χ0) is 17.6. The summed E-state index contributed by atoms with van der Waals surface area (Å²) in [4.78, 5) is 13.9. The van der Waals surface area contributed by atoms with Gasteiger partial charge in [0.25, 0.3) is 0 Å². The maximum atomic E-state index is 11.6. The molecule has 0 amide bonds. The highest BCUT2D eigenvalue weighted by molar-refractivity contribution is 7.98. The van der Waals surface area contributed by atoms with E-state index in [1.807, 2.05) is 18.2 Å². The Morgan fingerprint density at radius 1 is 1.32 bits per heavy atom. The van der Waals surface area contributed by atoms with Crippen molar-refractivity contribution in [1.29, 1.82) is 0 Å². The lowest BCUT2D eigenvalue weighted by Gasteiger charge is -2.27.